The number of hydrogen-bond acceptors (Lipinski definition) is 6. The summed E-state index contributed by atoms with van der Waals surface area (Å²) in [6.45, 7) is 6.77. The van der Waals surface area contributed by atoms with Crippen LogP contribution < -0.4 is 4.90 Å². The van der Waals surface area contributed by atoms with Crippen LogP contribution in [0.15, 0.2) is 61.2 Å². The van der Waals surface area contributed by atoms with E-state index in [0.29, 0.717) is 5.56 Å². The van der Waals surface area contributed by atoms with Crippen molar-refractivity contribution in [1.82, 2.24) is 24.6 Å². The van der Waals surface area contributed by atoms with E-state index in [-0.39, 0.29) is 12.2 Å². The Morgan fingerprint density at radius 1 is 0.939 bits per heavy atom. The maximum absolute atomic E-state index is 13.1. The van der Waals surface area contributed by atoms with E-state index in [1.165, 1.54) is 0 Å². The van der Waals surface area contributed by atoms with Crippen molar-refractivity contribution in [3.63, 3.8) is 0 Å². The summed E-state index contributed by atoms with van der Waals surface area (Å²) >= 11 is 0. The van der Waals surface area contributed by atoms with Crippen LogP contribution in [0, 0.1) is 0 Å². The quantitative estimate of drug-likeness (QED) is 0.426. The summed E-state index contributed by atoms with van der Waals surface area (Å²) in [5.41, 5.74) is 3.64. The number of anilines is 1. The Kier molecular flexibility index (Phi) is 5.88. The number of aryl methyl sites for hydroxylation is 1. The number of likely N-dealkylation sites (N-methyl/N-ethyl adjacent to an activating group) is 1. The van der Waals surface area contributed by atoms with Gasteiger partial charge in [-0.2, -0.15) is 5.10 Å². The van der Waals surface area contributed by atoms with Crippen LogP contribution in [0.1, 0.15) is 23.0 Å². The molecule has 7 nitrogen and oxygen atoms in total. The molecule has 0 spiro atoms. The Morgan fingerprint density at radius 2 is 1.79 bits per heavy atom. The molecule has 4 aromatic rings. The summed E-state index contributed by atoms with van der Waals surface area (Å²) < 4.78 is 1.92. The molecule has 0 atom stereocenters. The second-order valence-electron chi connectivity index (χ2n) is 8.62. The molecule has 3 aromatic heterocycles. The minimum atomic E-state index is 0.0556. The summed E-state index contributed by atoms with van der Waals surface area (Å²) in [7, 11) is 2.13. The highest BCUT2D eigenvalue weighted by Gasteiger charge is 2.17. The molecule has 4 heterocycles. The zero-order chi connectivity index (χ0) is 22.8. The zero-order valence-corrected chi connectivity index (χ0v) is 19.1. The summed E-state index contributed by atoms with van der Waals surface area (Å²) in [4.78, 5) is 26.6. The predicted octanol–water partition coefficient (Wildman–Crippen LogP) is 3.69. The first-order valence-electron chi connectivity index (χ1n) is 11.4. The van der Waals surface area contributed by atoms with Crippen LogP contribution in [-0.4, -0.2) is 63.7 Å². The Morgan fingerprint density at radius 3 is 2.58 bits per heavy atom. The number of Topliss-reactive ketones (excluding diaryl/α,β-unsaturated/α-hetero) is 1. The summed E-state index contributed by atoms with van der Waals surface area (Å²) in [6.07, 6.45) is 7.78. The van der Waals surface area contributed by atoms with Crippen LogP contribution in [0.25, 0.3) is 21.9 Å². The first-order chi connectivity index (χ1) is 16.1. The lowest BCUT2D eigenvalue weighted by Crippen LogP contribution is -2.44. The maximum Gasteiger partial charge on any atom is 0.169 e. The summed E-state index contributed by atoms with van der Waals surface area (Å²) in [5.74, 6) is 0.928. The van der Waals surface area contributed by atoms with Gasteiger partial charge < -0.3 is 9.80 Å². The van der Waals surface area contributed by atoms with Gasteiger partial charge in [0, 0.05) is 73.5 Å². The van der Waals surface area contributed by atoms with Gasteiger partial charge in [0.25, 0.3) is 0 Å². The molecule has 1 saturated heterocycles. The van der Waals surface area contributed by atoms with E-state index >= 15 is 0 Å². The fraction of sp³-hybridized carbons (Fsp3) is 0.308. The van der Waals surface area contributed by atoms with Gasteiger partial charge in [-0.05, 0) is 49.2 Å². The number of piperazine rings is 1. The molecule has 0 radical (unpaired) electrons. The van der Waals surface area contributed by atoms with Gasteiger partial charge in [-0.15, -0.1) is 0 Å². The highest BCUT2D eigenvalue weighted by Crippen LogP contribution is 2.25. The van der Waals surface area contributed by atoms with E-state index in [4.69, 9.17) is 0 Å². The van der Waals surface area contributed by atoms with Gasteiger partial charge in [-0.1, -0.05) is 12.1 Å². The van der Waals surface area contributed by atoms with Crippen molar-refractivity contribution in [2.75, 3.05) is 38.1 Å². The third kappa shape index (κ3) is 4.64. The first kappa shape index (κ1) is 21.3. The normalized spacial score (nSPS) is 14.7. The Labute approximate surface area is 193 Å². The average molecular weight is 441 g/mol. The van der Waals surface area contributed by atoms with Crippen molar-refractivity contribution in [3.8, 4) is 11.1 Å². The van der Waals surface area contributed by atoms with Crippen molar-refractivity contribution in [3.05, 3.63) is 72.4 Å². The van der Waals surface area contributed by atoms with Crippen LogP contribution in [0.3, 0.4) is 0 Å². The Hall–Kier alpha value is -3.58. The van der Waals surface area contributed by atoms with Gasteiger partial charge in [-0.25, -0.2) is 4.98 Å². The number of benzene rings is 1. The molecule has 1 aromatic carbocycles. The highest BCUT2D eigenvalue weighted by molar-refractivity contribution is 5.98. The van der Waals surface area contributed by atoms with Crippen molar-refractivity contribution >= 4 is 22.4 Å². The second-order valence-corrected chi connectivity index (χ2v) is 8.62. The molecule has 33 heavy (non-hydrogen) atoms. The minimum Gasteiger partial charge on any atom is -0.354 e. The SMILES string of the molecule is CCn1cc(-c2ccc3cnc(CC(=O)c4ccnc(N5CCN(C)CC5)c4)cc3c2)cn1. The number of rotatable bonds is 6. The Balaban J connectivity index is 1.35. The largest absolute Gasteiger partial charge is 0.354 e. The van der Waals surface area contributed by atoms with Gasteiger partial charge in [-0.3, -0.25) is 14.5 Å². The third-order valence-corrected chi connectivity index (χ3v) is 6.31. The standard InChI is InChI=1S/C26H28N6O/c1-3-32-18-23(17-29-32)19-4-5-21-16-28-24(13-22(21)12-19)15-25(33)20-6-7-27-26(14-20)31-10-8-30(2)9-11-31/h4-7,12-14,16-18H,3,8-11,15H2,1-2H3. The van der Waals surface area contributed by atoms with E-state index in [9.17, 15) is 4.79 Å². The molecule has 0 amide bonds. The molecule has 5 rings (SSSR count). The van der Waals surface area contributed by atoms with Crippen LogP contribution in [-0.2, 0) is 13.0 Å². The molecule has 0 aliphatic carbocycles. The molecule has 0 unspecified atom stereocenters. The number of pyridine rings is 2. The van der Waals surface area contributed by atoms with E-state index < -0.39 is 0 Å². The minimum absolute atomic E-state index is 0.0556. The summed E-state index contributed by atoms with van der Waals surface area (Å²) in [6, 6.07) is 12.0. The van der Waals surface area contributed by atoms with Crippen molar-refractivity contribution in [2.24, 2.45) is 0 Å². The number of ketones is 1. The van der Waals surface area contributed by atoms with Gasteiger partial charge in [0.05, 0.1) is 12.6 Å². The van der Waals surface area contributed by atoms with Gasteiger partial charge in [0.15, 0.2) is 5.78 Å². The lowest BCUT2D eigenvalue weighted by atomic mass is 10.0. The molecule has 0 bridgehead atoms. The van der Waals surface area contributed by atoms with E-state index in [2.05, 4.69) is 57.0 Å². The fourth-order valence-corrected chi connectivity index (χ4v) is 4.22. The fourth-order valence-electron chi connectivity index (χ4n) is 4.22. The molecule has 7 heteroatoms. The average Bonchev–Trinajstić information content (AvgIpc) is 3.34. The molecular weight excluding hydrogens is 412 g/mol. The van der Waals surface area contributed by atoms with Crippen LogP contribution in [0.2, 0.25) is 0 Å². The monoisotopic (exact) mass is 440 g/mol. The van der Waals surface area contributed by atoms with Crippen molar-refractivity contribution < 1.29 is 4.79 Å². The molecule has 1 aliphatic rings. The first-order valence-corrected chi connectivity index (χ1v) is 11.4. The molecule has 1 aliphatic heterocycles. The van der Waals surface area contributed by atoms with Crippen LogP contribution in [0.4, 0.5) is 5.82 Å². The number of nitrogens with zero attached hydrogens (tertiary/aromatic N) is 6. The second kappa shape index (κ2) is 9.11. The van der Waals surface area contributed by atoms with Crippen molar-refractivity contribution in [2.45, 2.75) is 19.9 Å². The molecule has 168 valence electrons. The smallest absolute Gasteiger partial charge is 0.169 e. The van der Waals surface area contributed by atoms with Gasteiger partial charge in [0.2, 0.25) is 0 Å². The Bertz CT molecular complexity index is 1290. The molecule has 1 fully saturated rings. The highest BCUT2D eigenvalue weighted by atomic mass is 16.1. The van der Waals surface area contributed by atoms with Crippen molar-refractivity contribution in [1.29, 1.82) is 0 Å². The van der Waals surface area contributed by atoms with E-state index in [1.807, 2.05) is 35.4 Å². The third-order valence-electron chi connectivity index (χ3n) is 6.31. The van der Waals surface area contributed by atoms with E-state index in [0.717, 1.165) is 66.1 Å². The topological polar surface area (TPSA) is 67.2 Å². The molecule has 0 saturated carbocycles. The number of fused-ring (bicyclic) bond motifs is 1. The molecule has 0 N–H and O–H groups in total. The zero-order valence-electron chi connectivity index (χ0n) is 19.1. The van der Waals surface area contributed by atoms with Gasteiger partial charge in [0.1, 0.15) is 5.82 Å². The van der Waals surface area contributed by atoms with E-state index in [1.54, 1.807) is 12.3 Å². The summed E-state index contributed by atoms with van der Waals surface area (Å²) in [5, 5.41) is 6.50. The molecular formula is C26H28N6O. The van der Waals surface area contributed by atoms with Crippen LogP contribution >= 0.6 is 0 Å². The van der Waals surface area contributed by atoms with Gasteiger partial charge >= 0.3 is 0 Å². The predicted molar refractivity (Wildman–Crippen MR) is 131 cm³/mol. The number of carbonyl (C=O) groups is 1. The number of aromatic nitrogens is 4. The maximum atomic E-state index is 13.1. The number of hydrogen-bond donors (Lipinski definition) is 0. The number of carbonyl (C=O) groups excluding carboxylic acids is 1. The lowest BCUT2D eigenvalue weighted by molar-refractivity contribution is 0.0992. The van der Waals surface area contributed by atoms with Crippen LogP contribution in [0.5, 0.6) is 0 Å². The lowest BCUT2D eigenvalue weighted by Gasteiger charge is -2.33.